The zero-order valence-electron chi connectivity index (χ0n) is 20.9. The van der Waals surface area contributed by atoms with Gasteiger partial charge in [0.1, 0.15) is 11.6 Å². The van der Waals surface area contributed by atoms with E-state index < -0.39 is 0 Å². The van der Waals surface area contributed by atoms with Crippen molar-refractivity contribution in [2.75, 3.05) is 0 Å². The molecule has 174 valence electrons. The van der Waals surface area contributed by atoms with Gasteiger partial charge >= 0.3 is 0 Å². The summed E-state index contributed by atoms with van der Waals surface area (Å²) >= 11 is 0. The predicted octanol–water partition coefficient (Wildman–Crippen LogP) is 7.56. The molecule has 6 aromatic rings. The molecule has 0 saturated heterocycles. The number of nitrogens with zero attached hydrogens (tertiary/aromatic N) is 4. The largest absolute Gasteiger partial charge is 0.309 e. The van der Waals surface area contributed by atoms with Gasteiger partial charge in [-0.1, -0.05) is 62.4 Å². The van der Waals surface area contributed by atoms with Gasteiger partial charge in [0.2, 0.25) is 0 Å². The quantitative estimate of drug-likeness (QED) is 0.264. The standard InChI is InChI=1S/C32H26N4/c1-19-33-20(2)35-31(34-19)21-13-15-22(16-14-21)36-27-12-8-6-10-25(27)29-28(36)18-17-24-23-9-5-7-11-26(23)32(3,4)30(24)29/h5-18H,1-4H3. The molecule has 0 atom stereocenters. The highest BCUT2D eigenvalue weighted by atomic mass is 15.0. The SMILES string of the molecule is Cc1nc(C)nc(-c2ccc(-n3c4ccccc4c4c5c(ccc43)-c3ccccc3C5(C)C)cc2)n1. The van der Waals surface area contributed by atoms with Crippen LogP contribution in [0.2, 0.25) is 0 Å². The molecule has 0 spiro atoms. The van der Waals surface area contributed by atoms with Crippen molar-refractivity contribution in [1.82, 2.24) is 19.5 Å². The number of aryl methyl sites for hydroxylation is 2. The molecular weight excluding hydrogens is 440 g/mol. The molecule has 2 aromatic heterocycles. The summed E-state index contributed by atoms with van der Waals surface area (Å²) in [5.41, 5.74) is 10.0. The van der Waals surface area contributed by atoms with E-state index in [4.69, 9.17) is 0 Å². The van der Waals surface area contributed by atoms with E-state index >= 15 is 0 Å². The van der Waals surface area contributed by atoms with Crippen LogP contribution in [0.1, 0.15) is 36.6 Å². The van der Waals surface area contributed by atoms with Crippen LogP contribution in [0.25, 0.3) is 50.0 Å². The van der Waals surface area contributed by atoms with Crippen molar-refractivity contribution in [3.05, 3.63) is 108 Å². The van der Waals surface area contributed by atoms with Gasteiger partial charge in [-0.2, -0.15) is 0 Å². The molecule has 36 heavy (non-hydrogen) atoms. The third-order valence-electron chi connectivity index (χ3n) is 7.60. The van der Waals surface area contributed by atoms with Crippen LogP contribution >= 0.6 is 0 Å². The molecule has 1 aliphatic carbocycles. The van der Waals surface area contributed by atoms with Crippen LogP contribution in [0.4, 0.5) is 0 Å². The number of hydrogen-bond acceptors (Lipinski definition) is 3. The van der Waals surface area contributed by atoms with Crippen molar-refractivity contribution in [2.24, 2.45) is 0 Å². The van der Waals surface area contributed by atoms with Crippen molar-refractivity contribution in [1.29, 1.82) is 0 Å². The van der Waals surface area contributed by atoms with Crippen molar-refractivity contribution >= 4 is 21.8 Å². The molecule has 0 amide bonds. The van der Waals surface area contributed by atoms with Crippen LogP contribution in [-0.4, -0.2) is 19.5 Å². The molecule has 7 rings (SSSR count). The normalized spacial score (nSPS) is 13.8. The fraction of sp³-hybridized carbons (Fsp3) is 0.156. The highest BCUT2D eigenvalue weighted by Crippen LogP contribution is 2.53. The Balaban J connectivity index is 1.48. The second-order valence-electron chi connectivity index (χ2n) is 10.2. The van der Waals surface area contributed by atoms with E-state index in [9.17, 15) is 0 Å². The predicted molar refractivity (Wildman–Crippen MR) is 147 cm³/mol. The molecule has 0 N–H and O–H groups in total. The Morgan fingerprint density at radius 3 is 2.11 bits per heavy atom. The lowest BCUT2D eigenvalue weighted by Gasteiger charge is -2.22. The van der Waals surface area contributed by atoms with E-state index in [1.165, 1.54) is 44.1 Å². The van der Waals surface area contributed by atoms with Gasteiger partial charge < -0.3 is 4.57 Å². The maximum atomic E-state index is 4.54. The summed E-state index contributed by atoms with van der Waals surface area (Å²) in [7, 11) is 0. The molecule has 4 nitrogen and oxygen atoms in total. The number of fused-ring (bicyclic) bond motifs is 7. The van der Waals surface area contributed by atoms with E-state index in [-0.39, 0.29) is 5.41 Å². The van der Waals surface area contributed by atoms with Crippen LogP contribution in [0.3, 0.4) is 0 Å². The summed E-state index contributed by atoms with van der Waals surface area (Å²) in [5.74, 6) is 2.19. The van der Waals surface area contributed by atoms with Gasteiger partial charge in [0.15, 0.2) is 5.82 Å². The topological polar surface area (TPSA) is 43.6 Å². The first kappa shape index (κ1) is 21.0. The van der Waals surface area contributed by atoms with Gasteiger partial charge in [0.25, 0.3) is 0 Å². The number of benzene rings is 4. The second-order valence-corrected chi connectivity index (χ2v) is 10.2. The lowest BCUT2D eigenvalue weighted by Crippen LogP contribution is -2.15. The van der Waals surface area contributed by atoms with Crippen LogP contribution in [0.15, 0.2) is 84.9 Å². The number of rotatable bonds is 2. The van der Waals surface area contributed by atoms with Gasteiger partial charge in [-0.05, 0) is 72.5 Å². The minimum atomic E-state index is -0.0708. The van der Waals surface area contributed by atoms with E-state index in [0.717, 1.165) is 22.9 Å². The summed E-state index contributed by atoms with van der Waals surface area (Å²) in [6.45, 7) is 8.53. The number of para-hydroxylation sites is 1. The lowest BCUT2D eigenvalue weighted by atomic mass is 9.80. The Labute approximate surface area is 210 Å². The minimum Gasteiger partial charge on any atom is -0.309 e. The molecule has 0 bridgehead atoms. The summed E-state index contributed by atoms with van der Waals surface area (Å²) in [6.07, 6.45) is 0. The number of hydrogen-bond donors (Lipinski definition) is 0. The number of aromatic nitrogens is 4. The first-order valence-corrected chi connectivity index (χ1v) is 12.4. The van der Waals surface area contributed by atoms with Crippen LogP contribution in [-0.2, 0) is 5.41 Å². The Bertz CT molecular complexity index is 1800. The molecule has 4 aromatic carbocycles. The molecule has 4 heteroatoms. The third kappa shape index (κ3) is 2.84. The summed E-state index contributed by atoms with van der Waals surface area (Å²) in [4.78, 5) is 13.4. The van der Waals surface area contributed by atoms with Crippen molar-refractivity contribution in [3.63, 3.8) is 0 Å². The zero-order chi connectivity index (χ0) is 24.6. The Morgan fingerprint density at radius 1 is 0.639 bits per heavy atom. The van der Waals surface area contributed by atoms with Crippen molar-refractivity contribution < 1.29 is 0 Å². The average Bonchev–Trinajstić information content (AvgIpc) is 3.33. The highest BCUT2D eigenvalue weighted by molar-refractivity contribution is 6.14. The molecule has 2 heterocycles. The second kappa shape index (κ2) is 7.34. The lowest BCUT2D eigenvalue weighted by molar-refractivity contribution is 0.666. The fourth-order valence-corrected chi connectivity index (χ4v) is 6.11. The van der Waals surface area contributed by atoms with Crippen molar-refractivity contribution in [3.8, 4) is 28.2 Å². The first-order chi connectivity index (χ1) is 17.4. The van der Waals surface area contributed by atoms with Crippen molar-refractivity contribution in [2.45, 2.75) is 33.1 Å². The Morgan fingerprint density at radius 2 is 1.33 bits per heavy atom. The molecule has 0 fully saturated rings. The summed E-state index contributed by atoms with van der Waals surface area (Å²) < 4.78 is 2.39. The molecular formula is C32H26N4. The van der Waals surface area contributed by atoms with Crippen LogP contribution in [0.5, 0.6) is 0 Å². The zero-order valence-corrected chi connectivity index (χ0v) is 20.9. The highest BCUT2D eigenvalue weighted by Gasteiger charge is 2.37. The monoisotopic (exact) mass is 466 g/mol. The summed E-state index contributed by atoms with van der Waals surface area (Å²) in [5, 5.41) is 2.63. The third-order valence-corrected chi connectivity index (χ3v) is 7.60. The first-order valence-electron chi connectivity index (χ1n) is 12.4. The molecule has 0 saturated carbocycles. The Kier molecular flexibility index (Phi) is 4.29. The molecule has 0 radical (unpaired) electrons. The van der Waals surface area contributed by atoms with Gasteiger partial charge in [0, 0.05) is 27.4 Å². The van der Waals surface area contributed by atoms with E-state index in [2.05, 4.69) is 118 Å². The minimum absolute atomic E-state index is 0.0708. The average molecular weight is 467 g/mol. The fourth-order valence-electron chi connectivity index (χ4n) is 6.11. The van der Waals surface area contributed by atoms with Gasteiger partial charge in [-0.15, -0.1) is 0 Å². The molecule has 0 aliphatic heterocycles. The van der Waals surface area contributed by atoms with Gasteiger partial charge in [0.05, 0.1) is 11.0 Å². The summed E-state index contributed by atoms with van der Waals surface area (Å²) in [6, 6.07) is 30.8. The maximum absolute atomic E-state index is 4.54. The van der Waals surface area contributed by atoms with Crippen LogP contribution < -0.4 is 0 Å². The van der Waals surface area contributed by atoms with Crippen LogP contribution in [0, 0.1) is 13.8 Å². The molecule has 0 unspecified atom stereocenters. The van der Waals surface area contributed by atoms with Gasteiger partial charge in [-0.25, -0.2) is 15.0 Å². The van der Waals surface area contributed by atoms with E-state index in [1.54, 1.807) is 0 Å². The van der Waals surface area contributed by atoms with Gasteiger partial charge in [-0.3, -0.25) is 0 Å². The maximum Gasteiger partial charge on any atom is 0.163 e. The smallest absolute Gasteiger partial charge is 0.163 e. The van der Waals surface area contributed by atoms with E-state index in [1.807, 2.05) is 13.8 Å². The Hall–Kier alpha value is -4.31. The van der Waals surface area contributed by atoms with E-state index in [0.29, 0.717) is 5.82 Å². The molecule has 1 aliphatic rings.